The molecule has 110 valence electrons. The van der Waals surface area contributed by atoms with E-state index in [-0.39, 0.29) is 18.5 Å². The molecule has 0 saturated carbocycles. The number of hydrazine groups is 1. The highest BCUT2D eigenvalue weighted by atomic mass is 16.6. The molecular formula is C12H10N3O6-. The standard InChI is InChI=1S/C12H11N3O6/c16-10-5-7(12(18)19)6-14(10)13-11(17)8-3-1-2-4-9(8)15(20)21/h1-4,7H,5-6H2,(H,13,17)(H,18,19)/p-1/t7-/m0/s1. The van der Waals surface area contributed by atoms with E-state index >= 15 is 0 Å². The number of carbonyl (C=O) groups is 3. The van der Waals surface area contributed by atoms with E-state index in [4.69, 9.17) is 0 Å². The van der Waals surface area contributed by atoms with Gasteiger partial charge in [-0.3, -0.25) is 30.1 Å². The first-order valence-corrected chi connectivity index (χ1v) is 5.95. The number of hydrogen-bond donors (Lipinski definition) is 1. The lowest BCUT2D eigenvalue weighted by molar-refractivity contribution is -0.385. The molecule has 0 unspecified atom stereocenters. The van der Waals surface area contributed by atoms with Gasteiger partial charge in [-0.2, -0.15) is 0 Å². The van der Waals surface area contributed by atoms with Crippen molar-refractivity contribution >= 4 is 23.5 Å². The Hall–Kier alpha value is -2.97. The van der Waals surface area contributed by atoms with Crippen molar-refractivity contribution in [3.63, 3.8) is 0 Å². The number of nitrogens with one attached hydrogen (secondary N) is 1. The van der Waals surface area contributed by atoms with Crippen LogP contribution in [-0.4, -0.2) is 34.3 Å². The molecule has 0 aliphatic carbocycles. The molecular weight excluding hydrogens is 282 g/mol. The number of hydrogen-bond acceptors (Lipinski definition) is 6. The summed E-state index contributed by atoms with van der Waals surface area (Å²) >= 11 is 0. The van der Waals surface area contributed by atoms with Crippen LogP contribution in [0, 0.1) is 16.0 Å². The Morgan fingerprint density at radius 2 is 2.00 bits per heavy atom. The van der Waals surface area contributed by atoms with Gasteiger partial charge in [-0.25, -0.2) is 0 Å². The first-order valence-electron chi connectivity index (χ1n) is 5.95. The Morgan fingerprint density at radius 3 is 2.57 bits per heavy atom. The van der Waals surface area contributed by atoms with Crippen molar-refractivity contribution in [3.05, 3.63) is 39.9 Å². The maximum atomic E-state index is 12.0. The van der Waals surface area contributed by atoms with Crippen LogP contribution in [0.1, 0.15) is 16.8 Å². The first kappa shape index (κ1) is 14.4. The number of benzene rings is 1. The second-order valence-electron chi connectivity index (χ2n) is 4.44. The summed E-state index contributed by atoms with van der Waals surface area (Å²) in [6.45, 7) is -0.229. The van der Waals surface area contributed by atoms with Crippen molar-refractivity contribution in [1.82, 2.24) is 10.4 Å². The zero-order valence-electron chi connectivity index (χ0n) is 10.6. The summed E-state index contributed by atoms with van der Waals surface area (Å²) in [7, 11) is 0. The fraction of sp³-hybridized carbons (Fsp3) is 0.250. The van der Waals surface area contributed by atoms with Crippen molar-refractivity contribution in [2.45, 2.75) is 6.42 Å². The maximum Gasteiger partial charge on any atom is 0.282 e. The number of nitro benzene ring substituents is 1. The number of carboxylic acids is 1. The summed E-state index contributed by atoms with van der Waals surface area (Å²) in [6, 6.07) is 5.24. The number of nitro groups is 1. The molecule has 1 atom stereocenters. The van der Waals surface area contributed by atoms with Gasteiger partial charge in [-0.05, 0) is 6.07 Å². The molecule has 9 nitrogen and oxygen atoms in total. The van der Waals surface area contributed by atoms with E-state index in [9.17, 15) is 29.6 Å². The highest BCUT2D eigenvalue weighted by Gasteiger charge is 2.32. The zero-order valence-corrected chi connectivity index (χ0v) is 10.6. The van der Waals surface area contributed by atoms with Gasteiger partial charge in [-0.1, -0.05) is 12.1 Å². The smallest absolute Gasteiger partial charge is 0.282 e. The normalized spacial score (nSPS) is 17.6. The minimum Gasteiger partial charge on any atom is -0.550 e. The molecule has 9 heteroatoms. The Balaban J connectivity index is 2.14. The number of carbonyl (C=O) groups excluding carboxylic acids is 3. The van der Waals surface area contributed by atoms with E-state index in [1.165, 1.54) is 18.2 Å². The van der Waals surface area contributed by atoms with Gasteiger partial charge in [0.25, 0.3) is 11.6 Å². The second kappa shape index (κ2) is 5.57. The quantitative estimate of drug-likeness (QED) is 0.549. The third-order valence-corrected chi connectivity index (χ3v) is 3.04. The number of aliphatic carboxylic acids is 1. The minimum absolute atomic E-state index is 0.216. The fourth-order valence-electron chi connectivity index (χ4n) is 1.98. The molecule has 21 heavy (non-hydrogen) atoms. The lowest BCUT2D eigenvalue weighted by Crippen LogP contribution is -2.44. The Bertz CT molecular complexity index is 629. The van der Waals surface area contributed by atoms with Crippen LogP contribution < -0.4 is 10.5 Å². The summed E-state index contributed by atoms with van der Waals surface area (Å²) in [5.41, 5.74) is 1.55. The molecule has 1 aliphatic heterocycles. The van der Waals surface area contributed by atoms with E-state index in [1.807, 2.05) is 0 Å². The summed E-state index contributed by atoms with van der Waals surface area (Å²) in [5.74, 6) is -3.83. The topological polar surface area (TPSA) is 133 Å². The predicted octanol–water partition coefficient (Wildman–Crippen LogP) is -1.16. The van der Waals surface area contributed by atoms with Gasteiger partial charge in [0.05, 0.1) is 11.5 Å². The summed E-state index contributed by atoms with van der Waals surface area (Å²) in [4.78, 5) is 44.3. The van der Waals surface area contributed by atoms with Crippen LogP contribution in [0.2, 0.25) is 0 Å². The van der Waals surface area contributed by atoms with E-state index in [0.717, 1.165) is 11.1 Å². The van der Waals surface area contributed by atoms with E-state index in [0.29, 0.717) is 0 Å². The number of rotatable bonds is 4. The van der Waals surface area contributed by atoms with Crippen molar-refractivity contribution in [2.75, 3.05) is 6.54 Å². The van der Waals surface area contributed by atoms with Gasteiger partial charge in [0, 0.05) is 24.4 Å². The molecule has 2 rings (SSSR count). The number of carboxylic acid groups (broad SMARTS) is 1. The maximum absolute atomic E-state index is 12.0. The average molecular weight is 292 g/mol. The lowest BCUT2D eigenvalue weighted by Gasteiger charge is -2.18. The van der Waals surface area contributed by atoms with Gasteiger partial charge >= 0.3 is 0 Å². The Morgan fingerprint density at radius 1 is 1.33 bits per heavy atom. The molecule has 1 heterocycles. The van der Waals surface area contributed by atoms with Crippen LogP contribution in [-0.2, 0) is 9.59 Å². The molecule has 0 spiro atoms. The number of nitrogens with zero attached hydrogens (tertiary/aromatic N) is 2. The van der Waals surface area contributed by atoms with Gasteiger partial charge in [0.15, 0.2) is 0 Å². The molecule has 1 N–H and O–H groups in total. The van der Waals surface area contributed by atoms with Crippen LogP contribution in [0.5, 0.6) is 0 Å². The monoisotopic (exact) mass is 292 g/mol. The highest BCUT2D eigenvalue weighted by Crippen LogP contribution is 2.19. The SMILES string of the molecule is O=C(NN1C[C@@H](C(=O)[O-])CC1=O)c1ccccc1[N+](=O)[O-]. The molecule has 0 bridgehead atoms. The number of para-hydroxylation sites is 1. The molecule has 0 radical (unpaired) electrons. The highest BCUT2D eigenvalue weighted by molar-refractivity contribution is 5.99. The molecule has 1 fully saturated rings. The predicted molar refractivity (Wildman–Crippen MR) is 65.4 cm³/mol. The Labute approximate surface area is 118 Å². The van der Waals surface area contributed by atoms with E-state index < -0.39 is 34.3 Å². The average Bonchev–Trinajstić information content (AvgIpc) is 2.80. The van der Waals surface area contributed by atoms with Gasteiger partial charge in [-0.15, -0.1) is 0 Å². The third-order valence-electron chi connectivity index (χ3n) is 3.04. The third kappa shape index (κ3) is 2.96. The van der Waals surface area contributed by atoms with Crippen molar-refractivity contribution in [3.8, 4) is 0 Å². The molecule has 0 aromatic heterocycles. The molecule has 1 aromatic carbocycles. The number of amides is 2. The fourth-order valence-corrected chi connectivity index (χ4v) is 1.98. The van der Waals surface area contributed by atoms with Crippen molar-refractivity contribution in [1.29, 1.82) is 0 Å². The summed E-state index contributed by atoms with van der Waals surface area (Å²) in [6.07, 6.45) is -0.278. The van der Waals surface area contributed by atoms with Crippen molar-refractivity contribution < 1.29 is 24.4 Å². The van der Waals surface area contributed by atoms with E-state index in [1.54, 1.807) is 0 Å². The second-order valence-corrected chi connectivity index (χ2v) is 4.44. The van der Waals surface area contributed by atoms with Crippen molar-refractivity contribution in [2.24, 2.45) is 5.92 Å². The van der Waals surface area contributed by atoms with Crippen LogP contribution >= 0.6 is 0 Å². The van der Waals surface area contributed by atoms with Gasteiger partial charge < -0.3 is 9.90 Å². The van der Waals surface area contributed by atoms with Crippen LogP contribution in [0.4, 0.5) is 5.69 Å². The van der Waals surface area contributed by atoms with Crippen LogP contribution in [0.25, 0.3) is 0 Å². The molecule has 1 saturated heterocycles. The summed E-state index contributed by atoms with van der Waals surface area (Å²) < 4.78 is 0. The molecule has 2 amide bonds. The zero-order chi connectivity index (χ0) is 15.6. The molecule has 1 aromatic rings. The first-order chi connectivity index (χ1) is 9.90. The largest absolute Gasteiger partial charge is 0.550 e. The lowest BCUT2D eigenvalue weighted by atomic mass is 10.1. The van der Waals surface area contributed by atoms with Gasteiger partial charge in [0.2, 0.25) is 5.91 Å². The molecule has 1 aliphatic rings. The minimum atomic E-state index is -1.38. The van der Waals surface area contributed by atoms with Crippen LogP contribution in [0.3, 0.4) is 0 Å². The summed E-state index contributed by atoms with van der Waals surface area (Å²) in [5, 5.41) is 22.4. The Kier molecular flexibility index (Phi) is 3.83. The van der Waals surface area contributed by atoms with E-state index in [2.05, 4.69) is 5.43 Å². The van der Waals surface area contributed by atoms with Gasteiger partial charge in [0.1, 0.15) is 5.56 Å². The van der Waals surface area contributed by atoms with Crippen LogP contribution in [0.15, 0.2) is 24.3 Å².